The maximum Gasteiger partial charge on any atom is 0.338 e. The fourth-order valence-electron chi connectivity index (χ4n) is 3.33. The third-order valence-corrected chi connectivity index (χ3v) is 5.99. The summed E-state index contributed by atoms with van der Waals surface area (Å²) in [6, 6.07) is 13.8. The molecule has 0 radical (unpaired) electrons. The van der Waals surface area contributed by atoms with Crippen LogP contribution >= 0.6 is 23.4 Å². The van der Waals surface area contributed by atoms with Crippen LogP contribution in [-0.2, 0) is 15.3 Å². The highest BCUT2D eigenvalue weighted by atomic mass is 35.5. The topological polar surface area (TPSA) is 89.3 Å². The van der Waals surface area contributed by atoms with Crippen molar-refractivity contribution >= 4 is 35.3 Å². The van der Waals surface area contributed by atoms with E-state index in [1.54, 1.807) is 29.8 Å². The molecule has 1 aliphatic rings. The number of phenolic OH excluding ortho intramolecular Hbond substituents is 1. The number of benzene rings is 2. The minimum absolute atomic E-state index is 0.0999. The van der Waals surface area contributed by atoms with Crippen molar-refractivity contribution in [3.63, 3.8) is 0 Å². The number of carbonyl (C=O) groups excluding carboxylic acids is 1. The van der Waals surface area contributed by atoms with Crippen molar-refractivity contribution in [2.75, 3.05) is 12.4 Å². The van der Waals surface area contributed by atoms with Crippen molar-refractivity contribution < 1.29 is 14.6 Å². The van der Waals surface area contributed by atoms with E-state index in [9.17, 15) is 9.90 Å². The van der Waals surface area contributed by atoms with E-state index in [-0.39, 0.29) is 5.75 Å². The summed E-state index contributed by atoms with van der Waals surface area (Å²) in [4.78, 5) is 17.1. The monoisotopic (exact) mass is 442 g/mol. The molecule has 1 atom stereocenters. The predicted octanol–water partition coefficient (Wildman–Crippen LogP) is 4.39. The molecule has 0 saturated carbocycles. The van der Waals surface area contributed by atoms with E-state index >= 15 is 0 Å². The first-order chi connectivity index (χ1) is 14.5. The Bertz CT molecular complexity index is 1140. The van der Waals surface area contributed by atoms with Crippen molar-refractivity contribution in [2.45, 2.75) is 23.9 Å². The van der Waals surface area contributed by atoms with Crippen LogP contribution in [0.2, 0.25) is 5.02 Å². The zero-order valence-corrected chi connectivity index (χ0v) is 17.9. The van der Waals surface area contributed by atoms with Crippen LogP contribution in [0.15, 0.2) is 65.0 Å². The molecular formula is C21H19ClN4O3S. The molecule has 30 heavy (non-hydrogen) atoms. The molecule has 0 spiro atoms. The number of phenols is 1. The van der Waals surface area contributed by atoms with Gasteiger partial charge in [0.25, 0.3) is 0 Å². The average molecular weight is 443 g/mol. The summed E-state index contributed by atoms with van der Waals surface area (Å²) >= 11 is 7.69. The average Bonchev–Trinajstić information content (AvgIpc) is 3.14. The van der Waals surface area contributed by atoms with Crippen LogP contribution in [0.4, 0.5) is 5.95 Å². The highest BCUT2D eigenvalue weighted by molar-refractivity contribution is 7.98. The Kier molecular flexibility index (Phi) is 5.69. The minimum Gasteiger partial charge on any atom is -0.508 e. The zero-order valence-electron chi connectivity index (χ0n) is 16.3. The standard InChI is InChI=1S/C21H19ClN4O3S/c1-12-17(19(28)29-2)18(13-7-5-8-15(27)10-13)26-20(23-12)24-21(25-26)30-11-14-6-3-4-9-16(14)22/h3-10,18,27H,11H2,1-2H3,(H,23,24,25). The molecule has 0 aliphatic carbocycles. The lowest BCUT2D eigenvalue weighted by molar-refractivity contribution is -0.136. The minimum atomic E-state index is -0.581. The number of ether oxygens (including phenoxy) is 1. The largest absolute Gasteiger partial charge is 0.508 e. The molecular weight excluding hydrogens is 424 g/mol. The van der Waals surface area contributed by atoms with Crippen molar-refractivity contribution in [1.82, 2.24) is 14.8 Å². The maximum absolute atomic E-state index is 12.5. The third-order valence-electron chi connectivity index (χ3n) is 4.74. The van der Waals surface area contributed by atoms with E-state index in [1.165, 1.54) is 18.9 Å². The third kappa shape index (κ3) is 3.88. The molecule has 1 aliphatic heterocycles. The second kappa shape index (κ2) is 8.41. The van der Waals surface area contributed by atoms with Gasteiger partial charge in [0.15, 0.2) is 0 Å². The first kappa shape index (κ1) is 20.3. The molecule has 4 rings (SSSR count). The van der Waals surface area contributed by atoms with Gasteiger partial charge in [0.2, 0.25) is 11.1 Å². The highest BCUT2D eigenvalue weighted by Gasteiger charge is 2.35. The molecule has 2 N–H and O–H groups in total. The summed E-state index contributed by atoms with van der Waals surface area (Å²) in [5.74, 6) is 0.744. The van der Waals surface area contributed by atoms with Gasteiger partial charge in [0, 0.05) is 16.5 Å². The lowest BCUT2D eigenvalue weighted by atomic mass is 9.95. The number of carbonyl (C=O) groups is 1. The summed E-state index contributed by atoms with van der Waals surface area (Å²) in [5.41, 5.74) is 2.71. The van der Waals surface area contributed by atoms with Crippen LogP contribution in [0.5, 0.6) is 5.75 Å². The number of halogens is 1. The summed E-state index contributed by atoms with van der Waals surface area (Å²) in [6.07, 6.45) is 0. The van der Waals surface area contributed by atoms with Crippen molar-refractivity contribution in [1.29, 1.82) is 0 Å². The Morgan fingerprint density at radius 1 is 1.30 bits per heavy atom. The number of thioether (sulfide) groups is 1. The van der Waals surface area contributed by atoms with Crippen LogP contribution in [-0.4, -0.2) is 33.0 Å². The molecule has 154 valence electrons. The molecule has 0 amide bonds. The Balaban J connectivity index is 1.71. The van der Waals surface area contributed by atoms with Crippen LogP contribution < -0.4 is 5.32 Å². The van der Waals surface area contributed by atoms with E-state index in [0.29, 0.717) is 38.7 Å². The van der Waals surface area contributed by atoms with Gasteiger partial charge >= 0.3 is 5.97 Å². The number of methoxy groups -OCH3 is 1. The second-order valence-corrected chi connectivity index (χ2v) is 8.05. The first-order valence-electron chi connectivity index (χ1n) is 9.15. The van der Waals surface area contributed by atoms with E-state index in [1.807, 2.05) is 30.3 Å². The van der Waals surface area contributed by atoms with Crippen LogP contribution in [0.25, 0.3) is 0 Å². The number of aromatic nitrogens is 3. The number of esters is 1. The van der Waals surface area contributed by atoms with E-state index in [0.717, 1.165) is 5.56 Å². The smallest absolute Gasteiger partial charge is 0.338 e. The van der Waals surface area contributed by atoms with E-state index in [2.05, 4.69) is 15.4 Å². The van der Waals surface area contributed by atoms with Crippen molar-refractivity contribution in [3.05, 3.63) is 76.0 Å². The molecule has 2 aromatic carbocycles. The van der Waals surface area contributed by atoms with Crippen LogP contribution in [0.3, 0.4) is 0 Å². The van der Waals surface area contributed by atoms with Crippen LogP contribution in [0, 0.1) is 0 Å². The molecule has 0 bridgehead atoms. The molecule has 1 unspecified atom stereocenters. The van der Waals surface area contributed by atoms with E-state index in [4.69, 9.17) is 16.3 Å². The van der Waals surface area contributed by atoms with Gasteiger partial charge in [0.05, 0.1) is 12.7 Å². The molecule has 2 heterocycles. The van der Waals surface area contributed by atoms with Gasteiger partial charge in [-0.3, -0.25) is 0 Å². The molecule has 0 saturated heterocycles. The Hall–Kier alpha value is -2.97. The molecule has 3 aromatic rings. The maximum atomic E-state index is 12.5. The SMILES string of the molecule is COC(=O)C1=C(C)Nc2nc(SCc3ccccc3Cl)nn2C1c1cccc(O)c1. The number of allylic oxidation sites excluding steroid dienone is 1. The number of hydrogen-bond donors (Lipinski definition) is 2. The van der Waals surface area contributed by atoms with Gasteiger partial charge in [-0.1, -0.05) is 53.7 Å². The molecule has 7 nitrogen and oxygen atoms in total. The van der Waals surface area contributed by atoms with Gasteiger partial charge in [-0.05, 0) is 36.2 Å². The number of anilines is 1. The summed E-state index contributed by atoms with van der Waals surface area (Å²) in [5, 5.41) is 19.0. The first-order valence-corrected chi connectivity index (χ1v) is 10.5. The molecule has 1 aromatic heterocycles. The Morgan fingerprint density at radius 3 is 2.83 bits per heavy atom. The summed E-state index contributed by atoms with van der Waals surface area (Å²) in [7, 11) is 1.34. The number of hydrogen-bond acceptors (Lipinski definition) is 7. The highest BCUT2D eigenvalue weighted by Crippen LogP contribution is 2.38. The Labute approximate surface area is 182 Å². The zero-order chi connectivity index (χ0) is 21.3. The summed E-state index contributed by atoms with van der Waals surface area (Å²) in [6.45, 7) is 1.79. The summed E-state index contributed by atoms with van der Waals surface area (Å²) < 4.78 is 6.64. The fraction of sp³-hybridized carbons (Fsp3) is 0.190. The van der Waals surface area contributed by atoms with Gasteiger partial charge in [0.1, 0.15) is 11.8 Å². The normalized spacial score (nSPS) is 15.5. The van der Waals surface area contributed by atoms with Crippen LogP contribution in [0.1, 0.15) is 24.1 Å². The van der Waals surface area contributed by atoms with Gasteiger partial charge in [-0.2, -0.15) is 4.98 Å². The van der Waals surface area contributed by atoms with Gasteiger partial charge < -0.3 is 15.2 Å². The number of fused-ring (bicyclic) bond motifs is 1. The fourth-order valence-corrected chi connectivity index (χ4v) is 4.44. The lowest BCUT2D eigenvalue weighted by Gasteiger charge is -2.27. The van der Waals surface area contributed by atoms with Crippen molar-refractivity contribution in [2.24, 2.45) is 0 Å². The second-order valence-electron chi connectivity index (χ2n) is 6.70. The number of nitrogens with zero attached hydrogens (tertiary/aromatic N) is 3. The quantitative estimate of drug-likeness (QED) is 0.447. The number of aromatic hydroxyl groups is 1. The van der Waals surface area contributed by atoms with E-state index < -0.39 is 12.0 Å². The van der Waals surface area contributed by atoms with Gasteiger partial charge in [-0.15, -0.1) is 5.10 Å². The van der Waals surface area contributed by atoms with Crippen molar-refractivity contribution in [3.8, 4) is 5.75 Å². The predicted molar refractivity (Wildman–Crippen MR) is 116 cm³/mol. The molecule has 0 fully saturated rings. The van der Waals surface area contributed by atoms with Gasteiger partial charge in [-0.25, -0.2) is 9.48 Å². The number of rotatable bonds is 5. The Morgan fingerprint density at radius 2 is 2.10 bits per heavy atom. The number of nitrogens with one attached hydrogen (secondary N) is 1. The lowest BCUT2D eigenvalue weighted by Crippen LogP contribution is -2.29. The molecule has 9 heteroatoms.